The molecule has 2 aliphatic rings. The molecule has 2 N–H and O–H groups in total. The minimum Gasteiger partial charge on any atom is -0.342 e. The third kappa shape index (κ3) is 6.05. The second-order valence-corrected chi connectivity index (χ2v) is 7.66. The lowest BCUT2D eigenvalue weighted by Crippen LogP contribution is -2.47. The molecule has 0 atom stereocenters. The summed E-state index contributed by atoms with van der Waals surface area (Å²) in [6, 6.07) is 8.48. The topological polar surface area (TPSA) is 81.8 Å². The first-order chi connectivity index (χ1) is 13.6. The highest BCUT2D eigenvalue weighted by molar-refractivity contribution is 6.01. The molecule has 0 bridgehead atoms. The molecule has 1 aromatic carbocycles. The summed E-state index contributed by atoms with van der Waals surface area (Å²) < 4.78 is 0. The number of para-hydroxylation sites is 1. The van der Waals surface area contributed by atoms with Gasteiger partial charge in [0.25, 0.3) is 0 Å². The van der Waals surface area contributed by atoms with E-state index in [0.717, 1.165) is 38.8 Å². The Bertz CT molecular complexity index is 663. The molecular formula is C21H30N4O3. The van der Waals surface area contributed by atoms with E-state index < -0.39 is 6.03 Å². The fourth-order valence-electron chi connectivity index (χ4n) is 3.94. The Balaban J connectivity index is 1.38. The number of hydrogen-bond acceptors (Lipinski definition) is 4. The van der Waals surface area contributed by atoms with Gasteiger partial charge in [-0.3, -0.25) is 19.8 Å². The molecule has 0 aliphatic carbocycles. The van der Waals surface area contributed by atoms with Crippen molar-refractivity contribution in [2.45, 2.75) is 38.5 Å². The van der Waals surface area contributed by atoms with E-state index in [2.05, 4.69) is 10.6 Å². The summed E-state index contributed by atoms with van der Waals surface area (Å²) in [5, 5.41) is 5.00. The van der Waals surface area contributed by atoms with Crippen molar-refractivity contribution in [1.82, 2.24) is 15.1 Å². The number of carbonyl (C=O) groups is 3. The lowest BCUT2D eigenvalue weighted by molar-refractivity contribution is -0.137. The lowest BCUT2D eigenvalue weighted by Gasteiger charge is -2.33. The van der Waals surface area contributed by atoms with Crippen LogP contribution < -0.4 is 10.6 Å². The third-order valence-corrected chi connectivity index (χ3v) is 5.51. The molecule has 2 saturated heterocycles. The van der Waals surface area contributed by atoms with Gasteiger partial charge in [0.05, 0.1) is 6.54 Å². The Morgan fingerprint density at radius 2 is 1.54 bits per heavy atom. The van der Waals surface area contributed by atoms with Crippen LogP contribution in [0, 0.1) is 5.92 Å². The van der Waals surface area contributed by atoms with Crippen LogP contribution in [0.15, 0.2) is 30.3 Å². The first-order valence-electron chi connectivity index (χ1n) is 10.3. The molecular weight excluding hydrogens is 356 g/mol. The number of carbonyl (C=O) groups excluding carboxylic acids is 3. The van der Waals surface area contributed by atoms with Gasteiger partial charge in [0.2, 0.25) is 11.8 Å². The normalized spacial score (nSPS) is 18.9. The molecule has 3 rings (SSSR count). The fraction of sp³-hybridized carbons (Fsp3) is 0.571. The minimum absolute atomic E-state index is 0.0683. The Kier molecular flexibility index (Phi) is 7.42. The van der Waals surface area contributed by atoms with E-state index in [-0.39, 0.29) is 24.3 Å². The number of anilines is 1. The van der Waals surface area contributed by atoms with Crippen LogP contribution in [0.1, 0.15) is 38.5 Å². The smallest absolute Gasteiger partial charge is 0.325 e. The summed E-state index contributed by atoms with van der Waals surface area (Å²) in [5.41, 5.74) is 0.639. The molecule has 4 amide bonds. The second kappa shape index (κ2) is 10.2. The third-order valence-electron chi connectivity index (χ3n) is 5.51. The SMILES string of the molecule is O=C(CN1CCC(C(=O)N2CCCCCC2)CC1)NC(=O)Nc1ccccc1. The summed E-state index contributed by atoms with van der Waals surface area (Å²) in [7, 11) is 0. The Labute approximate surface area is 166 Å². The molecule has 0 aromatic heterocycles. The van der Waals surface area contributed by atoms with E-state index in [4.69, 9.17) is 0 Å². The summed E-state index contributed by atoms with van der Waals surface area (Å²) in [6.45, 7) is 3.36. The molecule has 2 heterocycles. The number of piperidine rings is 1. The second-order valence-electron chi connectivity index (χ2n) is 7.66. The molecule has 152 valence electrons. The van der Waals surface area contributed by atoms with E-state index in [1.807, 2.05) is 28.0 Å². The maximum Gasteiger partial charge on any atom is 0.325 e. The lowest BCUT2D eigenvalue weighted by atomic mass is 9.95. The van der Waals surface area contributed by atoms with Crippen LogP contribution in [0.4, 0.5) is 10.5 Å². The molecule has 0 spiro atoms. The minimum atomic E-state index is -0.526. The summed E-state index contributed by atoms with van der Waals surface area (Å²) in [5.74, 6) is 0.0257. The number of amides is 4. The van der Waals surface area contributed by atoms with Gasteiger partial charge in [-0.15, -0.1) is 0 Å². The van der Waals surface area contributed by atoms with Crippen molar-refractivity contribution in [3.05, 3.63) is 30.3 Å². The zero-order valence-electron chi connectivity index (χ0n) is 16.4. The van der Waals surface area contributed by atoms with Crippen molar-refractivity contribution in [2.75, 3.05) is 38.0 Å². The molecule has 1 aromatic rings. The van der Waals surface area contributed by atoms with Crippen molar-refractivity contribution < 1.29 is 14.4 Å². The molecule has 7 nitrogen and oxygen atoms in total. The quantitative estimate of drug-likeness (QED) is 0.833. The van der Waals surface area contributed by atoms with Crippen molar-refractivity contribution in [2.24, 2.45) is 5.92 Å². The number of nitrogens with one attached hydrogen (secondary N) is 2. The Morgan fingerprint density at radius 3 is 2.18 bits per heavy atom. The number of likely N-dealkylation sites (tertiary alicyclic amines) is 2. The van der Waals surface area contributed by atoms with Crippen molar-refractivity contribution >= 4 is 23.5 Å². The van der Waals surface area contributed by atoms with Gasteiger partial charge in [-0.05, 0) is 50.9 Å². The van der Waals surface area contributed by atoms with Gasteiger partial charge in [0.1, 0.15) is 0 Å². The van der Waals surface area contributed by atoms with Crippen LogP contribution in [0.3, 0.4) is 0 Å². The average Bonchev–Trinajstić information content (AvgIpc) is 2.98. The summed E-state index contributed by atoms with van der Waals surface area (Å²) in [6.07, 6.45) is 6.20. The van der Waals surface area contributed by atoms with Crippen LogP contribution in [-0.4, -0.2) is 60.4 Å². The van der Waals surface area contributed by atoms with Gasteiger partial charge in [0.15, 0.2) is 0 Å². The van der Waals surface area contributed by atoms with Gasteiger partial charge in [-0.2, -0.15) is 0 Å². The maximum absolute atomic E-state index is 12.7. The molecule has 0 unspecified atom stereocenters. The van der Waals surface area contributed by atoms with Crippen LogP contribution in [-0.2, 0) is 9.59 Å². The van der Waals surface area contributed by atoms with Crippen molar-refractivity contribution in [3.63, 3.8) is 0 Å². The van der Waals surface area contributed by atoms with Gasteiger partial charge in [0, 0.05) is 24.7 Å². The Hall–Kier alpha value is -2.41. The van der Waals surface area contributed by atoms with Crippen LogP contribution in [0.5, 0.6) is 0 Å². The summed E-state index contributed by atoms with van der Waals surface area (Å²) >= 11 is 0. The van der Waals surface area contributed by atoms with Gasteiger partial charge >= 0.3 is 6.03 Å². The van der Waals surface area contributed by atoms with Crippen molar-refractivity contribution in [3.8, 4) is 0 Å². The predicted octanol–water partition coefficient (Wildman–Crippen LogP) is 2.45. The highest BCUT2D eigenvalue weighted by atomic mass is 16.2. The Morgan fingerprint density at radius 1 is 0.893 bits per heavy atom. The van der Waals surface area contributed by atoms with E-state index in [1.165, 1.54) is 12.8 Å². The zero-order valence-corrected chi connectivity index (χ0v) is 16.4. The van der Waals surface area contributed by atoms with Crippen LogP contribution >= 0.6 is 0 Å². The van der Waals surface area contributed by atoms with E-state index >= 15 is 0 Å². The van der Waals surface area contributed by atoms with E-state index in [0.29, 0.717) is 18.8 Å². The maximum atomic E-state index is 12.7. The van der Waals surface area contributed by atoms with Gasteiger partial charge < -0.3 is 10.2 Å². The van der Waals surface area contributed by atoms with Gasteiger partial charge in [-0.25, -0.2) is 4.79 Å². The fourth-order valence-corrected chi connectivity index (χ4v) is 3.94. The predicted molar refractivity (Wildman–Crippen MR) is 108 cm³/mol. The average molecular weight is 386 g/mol. The van der Waals surface area contributed by atoms with Crippen LogP contribution in [0.2, 0.25) is 0 Å². The standard InChI is InChI=1S/C21H30N4O3/c26-19(23-21(28)22-18-8-4-3-5-9-18)16-24-14-10-17(11-15-24)20(27)25-12-6-1-2-7-13-25/h3-5,8-9,17H,1-2,6-7,10-16H2,(H2,22,23,26,28). The largest absolute Gasteiger partial charge is 0.342 e. The number of nitrogens with zero attached hydrogens (tertiary/aromatic N) is 2. The molecule has 7 heteroatoms. The number of urea groups is 1. The van der Waals surface area contributed by atoms with E-state index in [9.17, 15) is 14.4 Å². The highest BCUT2D eigenvalue weighted by Crippen LogP contribution is 2.21. The monoisotopic (exact) mass is 386 g/mol. The molecule has 0 saturated carbocycles. The molecule has 2 aliphatic heterocycles. The number of rotatable bonds is 4. The van der Waals surface area contributed by atoms with Gasteiger partial charge in [-0.1, -0.05) is 31.0 Å². The van der Waals surface area contributed by atoms with Crippen molar-refractivity contribution in [1.29, 1.82) is 0 Å². The molecule has 28 heavy (non-hydrogen) atoms. The van der Waals surface area contributed by atoms with Crippen LogP contribution in [0.25, 0.3) is 0 Å². The first-order valence-corrected chi connectivity index (χ1v) is 10.3. The first kappa shape index (κ1) is 20.3. The number of benzene rings is 1. The highest BCUT2D eigenvalue weighted by Gasteiger charge is 2.29. The molecule has 2 fully saturated rings. The molecule has 0 radical (unpaired) electrons. The number of hydrogen-bond donors (Lipinski definition) is 2. The zero-order chi connectivity index (χ0) is 19.8. The van der Waals surface area contributed by atoms with E-state index in [1.54, 1.807) is 12.1 Å². The number of imide groups is 1. The summed E-state index contributed by atoms with van der Waals surface area (Å²) in [4.78, 5) is 40.8.